The second-order valence-corrected chi connectivity index (χ2v) is 8.88. The number of nitrogens with zero attached hydrogens (tertiary/aromatic N) is 3. The van der Waals surface area contributed by atoms with Crippen molar-refractivity contribution in [1.29, 1.82) is 0 Å². The smallest absolute Gasteiger partial charge is 0.295 e. The van der Waals surface area contributed by atoms with Crippen LogP contribution in [0.5, 0.6) is 5.75 Å². The van der Waals surface area contributed by atoms with Gasteiger partial charge in [-0.2, -0.15) is 0 Å². The molecule has 7 heteroatoms. The Morgan fingerprint density at radius 3 is 2.51 bits per heavy atom. The van der Waals surface area contributed by atoms with Crippen LogP contribution < -0.4 is 4.74 Å². The lowest BCUT2D eigenvalue weighted by atomic mass is 9.96. The summed E-state index contributed by atoms with van der Waals surface area (Å²) >= 11 is 0. The van der Waals surface area contributed by atoms with Gasteiger partial charge in [0.15, 0.2) is 0 Å². The summed E-state index contributed by atoms with van der Waals surface area (Å²) in [5.41, 5.74) is 3.40. The number of hydrogen-bond donors (Lipinski definition) is 1. The van der Waals surface area contributed by atoms with E-state index in [0.29, 0.717) is 36.6 Å². The summed E-state index contributed by atoms with van der Waals surface area (Å²) in [6.07, 6.45) is 3.25. The van der Waals surface area contributed by atoms with Crippen LogP contribution in [0.25, 0.3) is 5.76 Å². The fourth-order valence-electron chi connectivity index (χ4n) is 4.14. The van der Waals surface area contributed by atoms with E-state index in [-0.39, 0.29) is 11.3 Å². The largest absolute Gasteiger partial charge is 0.507 e. The molecule has 0 spiro atoms. The first-order valence-corrected chi connectivity index (χ1v) is 11.5. The van der Waals surface area contributed by atoms with Gasteiger partial charge in [-0.3, -0.25) is 14.6 Å². The maximum atomic E-state index is 13.0. The van der Waals surface area contributed by atoms with Crippen LogP contribution in [0.4, 0.5) is 0 Å². The van der Waals surface area contributed by atoms with Gasteiger partial charge < -0.3 is 19.6 Å². The minimum Gasteiger partial charge on any atom is -0.507 e. The van der Waals surface area contributed by atoms with Gasteiger partial charge in [0.1, 0.15) is 18.1 Å². The lowest BCUT2D eigenvalue weighted by Crippen LogP contribution is -2.35. The van der Waals surface area contributed by atoms with Crippen molar-refractivity contribution in [2.24, 2.45) is 0 Å². The SMILES string of the molecule is Cc1cccc(COc2ccc(C(O)=C3C(=O)C(=O)N(CCN(C)C)[C@@H]3c3cccnc3)cc2)c1. The second-order valence-electron chi connectivity index (χ2n) is 8.88. The zero-order valence-corrected chi connectivity index (χ0v) is 20.1. The van der Waals surface area contributed by atoms with Gasteiger partial charge in [0.05, 0.1) is 11.6 Å². The number of benzene rings is 2. The number of aliphatic hydroxyl groups excluding tert-OH is 1. The minimum absolute atomic E-state index is 0.0650. The maximum absolute atomic E-state index is 13.0. The molecule has 180 valence electrons. The lowest BCUT2D eigenvalue weighted by Gasteiger charge is -2.26. The Morgan fingerprint density at radius 1 is 1.09 bits per heavy atom. The van der Waals surface area contributed by atoms with Gasteiger partial charge in [-0.15, -0.1) is 0 Å². The highest BCUT2D eigenvalue weighted by molar-refractivity contribution is 6.46. The van der Waals surface area contributed by atoms with E-state index in [1.807, 2.05) is 50.2 Å². The molecule has 0 bridgehead atoms. The number of likely N-dealkylation sites (tertiary alicyclic amines) is 1. The maximum Gasteiger partial charge on any atom is 0.295 e. The van der Waals surface area contributed by atoms with E-state index in [4.69, 9.17) is 4.74 Å². The van der Waals surface area contributed by atoms with Crippen LogP contribution >= 0.6 is 0 Å². The topological polar surface area (TPSA) is 83.0 Å². The number of rotatable bonds is 8. The molecule has 0 aliphatic carbocycles. The number of Topliss-reactive ketones (excluding diaryl/α,β-unsaturated/α-hetero) is 1. The number of ether oxygens (including phenoxy) is 1. The molecule has 1 atom stereocenters. The highest BCUT2D eigenvalue weighted by atomic mass is 16.5. The molecule has 2 heterocycles. The van der Waals surface area contributed by atoms with Crippen LogP contribution in [0.15, 0.2) is 78.6 Å². The Labute approximate surface area is 205 Å². The standard InChI is InChI=1S/C28H29N3O4/c1-19-6-4-7-20(16-19)18-35-23-11-9-21(10-12-23)26(32)24-25(22-8-5-13-29-17-22)31(15-14-30(2)3)28(34)27(24)33/h4-13,16-17,25,32H,14-15,18H2,1-3H3/t25-/m1/s1. The van der Waals surface area contributed by atoms with Crippen molar-refractivity contribution in [1.82, 2.24) is 14.8 Å². The molecule has 35 heavy (non-hydrogen) atoms. The summed E-state index contributed by atoms with van der Waals surface area (Å²) in [5.74, 6) is -0.900. The third-order valence-electron chi connectivity index (χ3n) is 5.94. The monoisotopic (exact) mass is 471 g/mol. The summed E-state index contributed by atoms with van der Waals surface area (Å²) in [4.78, 5) is 33.6. The van der Waals surface area contributed by atoms with E-state index in [2.05, 4.69) is 11.1 Å². The van der Waals surface area contributed by atoms with Crippen LogP contribution in [-0.2, 0) is 16.2 Å². The zero-order valence-electron chi connectivity index (χ0n) is 20.1. The van der Waals surface area contributed by atoms with Crippen molar-refractivity contribution in [2.75, 3.05) is 27.2 Å². The van der Waals surface area contributed by atoms with Crippen molar-refractivity contribution >= 4 is 17.4 Å². The first-order valence-electron chi connectivity index (χ1n) is 11.5. The number of carbonyl (C=O) groups is 2. The minimum atomic E-state index is -0.708. The van der Waals surface area contributed by atoms with Gasteiger partial charge in [-0.1, -0.05) is 35.9 Å². The Bertz CT molecular complexity index is 1240. The van der Waals surface area contributed by atoms with Crippen molar-refractivity contribution in [3.8, 4) is 5.75 Å². The Balaban J connectivity index is 1.62. The number of carbonyl (C=O) groups excluding carboxylic acids is 2. The van der Waals surface area contributed by atoms with Crippen LogP contribution in [0.1, 0.15) is 28.3 Å². The molecule has 1 aromatic heterocycles. The van der Waals surface area contributed by atoms with Crippen molar-refractivity contribution in [3.05, 3.63) is 101 Å². The summed E-state index contributed by atoms with van der Waals surface area (Å²) < 4.78 is 5.87. The zero-order chi connectivity index (χ0) is 24.9. The molecular formula is C28H29N3O4. The van der Waals surface area contributed by atoms with Crippen LogP contribution in [0.3, 0.4) is 0 Å². The molecule has 0 radical (unpaired) electrons. The molecule has 3 aromatic rings. The van der Waals surface area contributed by atoms with E-state index >= 15 is 0 Å². The summed E-state index contributed by atoms with van der Waals surface area (Å²) in [7, 11) is 3.80. The van der Waals surface area contributed by atoms with Crippen LogP contribution in [0.2, 0.25) is 0 Å². The van der Waals surface area contributed by atoms with Crippen molar-refractivity contribution in [2.45, 2.75) is 19.6 Å². The quantitative estimate of drug-likeness (QED) is 0.304. The fourth-order valence-corrected chi connectivity index (χ4v) is 4.14. The number of ketones is 1. The molecule has 4 rings (SSSR count). The normalized spacial score (nSPS) is 17.3. The average Bonchev–Trinajstić information content (AvgIpc) is 3.11. The first kappa shape index (κ1) is 24.2. The molecule has 2 aromatic carbocycles. The van der Waals surface area contributed by atoms with Crippen LogP contribution in [-0.4, -0.2) is 58.8 Å². The molecule has 1 N–H and O–H groups in total. The molecule has 7 nitrogen and oxygen atoms in total. The molecular weight excluding hydrogens is 442 g/mol. The van der Waals surface area contributed by atoms with E-state index < -0.39 is 17.7 Å². The van der Waals surface area contributed by atoms with E-state index in [9.17, 15) is 14.7 Å². The Morgan fingerprint density at radius 2 is 1.86 bits per heavy atom. The van der Waals surface area contributed by atoms with E-state index in [1.54, 1.807) is 42.7 Å². The summed E-state index contributed by atoms with van der Waals surface area (Å²) in [6, 6.07) is 17.8. The summed E-state index contributed by atoms with van der Waals surface area (Å²) in [5, 5.41) is 11.2. The predicted octanol–water partition coefficient (Wildman–Crippen LogP) is 3.95. The fraction of sp³-hybridized carbons (Fsp3) is 0.250. The Hall–Kier alpha value is -3.97. The van der Waals surface area contributed by atoms with Gasteiger partial charge in [0.2, 0.25) is 0 Å². The molecule has 0 saturated carbocycles. The van der Waals surface area contributed by atoms with Gasteiger partial charge in [-0.25, -0.2) is 0 Å². The highest BCUT2D eigenvalue weighted by Crippen LogP contribution is 2.39. The van der Waals surface area contributed by atoms with Gasteiger partial charge in [-0.05, 0) is 62.5 Å². The van der Waals surface area contributed by atoms with Crippen molar-refractivity contribution < 1.29 is 19.4 Å². The third kappa shape index (κ3) is 5.41. The van der Waals surface area contributed by atoms with E-state index in [1.165, 1.54) is 4.90 Å². The molecule has 0 unspecified atom stereocenters. The molecule has 1 amide bonds. The molecule has 1 aliphatic heterocycles. The molecule has 1 aliphatic rings. The van der Waals surface area contributed by atoms with Crippen molar-refractivity contribution in [3.63, 3.8) is 0 Å². The number of aryl methyl sites for hydroxylation is 1. The van der Waals surface area contributed by atoms with Gasteiger partial charge in [0, 0.05) is 31.0 Å². The number of hydrogen-bond acceptors (Lipinski definition) is 6. The number of aromatic nitrogens is 1. The number of likely N-dealkylation sites (N-methyl/N-ethyl adjacent to an activating group) is 1. The lowest BCUT2D eigenvalue weighted by molar-refractivity contribution is -0.140. The predicted molar refractivity (Wildman–Crippen MR) is 134 cm³/mol. The second kappa shape index (κ2) is 10.5. The highest BCUT2D eigenvalue weighted by Gasteiger charge is 2.46. The Kier molecular flexibility index (Phi) is 7.27. The summed E-state index contributed by atoms with van der Waals surface area (Å²) in [6.45, 7) is 3.38. The first-order chi connectivity index (χ1) is 16.8. The number of aliphatic hydroxyl groups is 1. The number of pyridine rings is 1. The molecule has 1 saturated heterocycles. The average molecular weight is 472 g/mol. The van der Waals surface area contributed by atoms with Crippen LogP contribution in [0, 0.1) is 6.92 Å². The third-order valence-corrected chi connectivity index (χ3v) is 5.94. The number of amides is 1. The van der Waals surface area contributed by atoms with Gasteiger partial charge in [0.25, 0.3) is 11.7 Å². The van der Waals surface area contributed by atoms with E-state index in [0.717, 1.165) is 11.1 Å². The molecule has 1 fully saturated rings. The van der Waals surface area contributed by atoms with Gasteiger partial charge >= 0.3 is 0 Å².